The normalized spacial score (nSPS) is 10.7. The second-order valence-electron chi connectivity index (χ2n) is 9.00. The molecular weight excluding hydrogens is 496 g/mol. The highest BCUT2D eigenvalue weighted by Crippen LogP contribution is 2.27. The number of aromatic nitrogens is 4. The molecule has 0 N–H and O–H groups in total. The minimum absolute atomic E-state index is 0.228. The molecule has 0 aliphatic heterocycles. The van der Waals surface area contributed by atoms with Gasteiger partial charge in [0.2, 0.25) is 0 Å². The highest BCUT2D eigenvalue weighted by molar-refractivity contribution is 5.69. The number of rotatable bonds is 9. The summed E-state index contributed by atoms with van der Waals surface area (Å²) in [6.45, 7) is 0.456. The topological polar surface area (TPSA) is 70.0 Å². The minimum atomic E-state index is 0.228. The van der Waals surface area contributed by atoms with Gasteiger partial charge in [-0.05, 0) is 12.1 Å². The van der Waals surface area contributed by atoms with Crippen LogP contribution in [0.1, 0.15) is 0 Å². The molecule has 0 spiro atoms. The predicted octanol–water partition coefficient (Wildman–Crippen LogP) is 7.39. The molecule has 6 aromatic rings. The maximum absolute atomic E-state index is 5.98. The van der Waals surface area contributed by atoms with E-state index < -0.39 is 0 Å². The Morgan fingerprint density at radius 3 is 0.850 bits per heavy atom. The zero-order chi connectivity index (χ0) is 27.0. The number of benzene rings is 4. The van der Waals surface area contributed by atoms with Gasteiger partial charge < -0.3 is 9.47 Å². The van der Waals surface area contributed by atoms with E-state index in [1.165, 1.54) is 0 Å². The van der Waals surface area contributed by atoms with Gasteiger partial charge in [0.15, 0.2) is 0 Å². The summed E-state index contributed by atoms with van der Waals surface area (Å²) in [6, 6.07) is 44.5. The molecule has 6 nitrogen and oxygen atoms in total. The van der Waals surface area contributed by atoms with Gasteiger partial charge in [0.05, 0.1) is 22.8 Å². The second-order valence-corrected chi connectivity index (χ2v) is 9.00. The van der Waals surface area contributed by atoms with E-state index in [9.17, 15) is 0 Å². The minimum Gasteiger partial charge on any atom is -0.460 e. The molecule has 4 aromatic carbocycles. The molecule has 0 radical (unpaired) electrons. The van der Waals surface area contributed by atoms with Gasteiger partial charge in [-0.3, -0.25) is 0 Å². The first kappa shape index (κ1) is 24.9. The summed E-state index contributed by atoms with van der Waals surface area (Å²) in [5.41, 5.74) is 7.11. The molecule has 0 aliphatic carbocycles. The quantitative estimate of drug-likeness (QED) is 0.184. The van der Waals surface area contributed by atoms with Crippen molar-refractivity contribution in [2.45, 2.75) is 0 Å². The first-order valence-electron chi connectivity index (χ1n) is 13.1. The lowest BCUT2D eigenvalue weighted by atomic mass is 10.1. The fourth-order valence-electron chi connectivity index (χ4n) is 4.27. The van der Waals surface area contributed by atoms with Crippen LogP contribution in [0.2, 0.25) is 0 Å². The van der Waals surface area contributed by atoms with E-state index in [1.54, 1.807) is 0 Å². The van der Waals surface area contributed by atoms with E-state index in [1.807, 2.05) is 133 Å². The van der Waals surface area contributed by atoms with Crippen molar-refractivity contribution in [3.8, 4) is 57.1 Å². The fraction of sp³-hybridized carbons (Fsp3) is 0.0588. The van der Waals surface area contributed by atoms with Crippen molar-refractivity contribution >= 4 is 0 Å². The van der Waals surface area contributed by atoms with Crippen LogP contribution in [0.5, 0.6) is 12.0 Å². The van der Waals surface area contributed by atoms with Crippen LogP contribution in [-0.2, 0) is 0 Å². The highest BCUT2D eigenvalue weighted by atomic mass is 16.5. The van der Waals surface area contributed by atoms with Gasteiger partial charge in [0.1, 0.15) is 13.2 Å². The van der Waals surface area contributed by atoms with Crippen LogP contribution < -0.4 is 9.47 Å². The monoisotopic (exact) mass is 522 g/mol. The summed E-state index contributed by atoms with van der Waals surface area (Å²) >= 11 is 0. The largest absolute Gasteiger partial charge is 0.460 e. The number of hydrogen-bond acceptors (Lipinski definition) is 6. The number of hydrogen-bond donors (Lipinski definition) is 0. The molecule has 6 rings (SSSR count). The van der Waals surface area contributed by atoms with Crippen molar-refractivity contribution in [3.05, 3.63) is 133 Å². The Kier molecular flexibility index (Phi) is 7.49. The van der Waals surface area contributed by atoms with Crippen LogP contribution in [0.15, 0.2) is 133 Å². The van der Waals surface area contributed by atoms with Gasteiger partial charge in [0, 0.05) is 22.3 Å². The third-order valence-electron chi connectivity index (χ3n) is 6.24. The molecule has 0 atom stereocenters. The molecule has 0 saturated carbocycles. The van der Waals surface area contributed by atoms with Gasteiger partial charge in [-0.15, -0.1) is 0 Å². The van der Waals surface area contributed by atoms with Crippen LogP contribution in [0, 0.1) is 0 Å². The van der Waals surface area contributed by atoms with Crippen molar-refractivity contribution < 1.29 is 9.47 Å². The van der Waals surface area contributed by atoms with Gasteiger partial charge in [-0.2, -0.15) is 19.9 Å². The Labute approximate surface area is 233 Å². The van der Waals surface area contributed by atoms with Crippen LogP contribution >= 0.6 is 0 Å². The van der Waals surface area contributed by atoms with Crippen LogP contribution in [0.3, 0.4) is 0 Å². The summed E-state index contributed by atoms with van der Waals surface area (Å²) in [7, 11) is 0. The maximum Gasteiger partial charge on any atom is 0.317 e. The molecule has 0 unspecified atom stereocenters. The van der Waals surface area contributed by atoms with Crippen molar-refractivity contribution in [1.29, 1.82) is 0 Å². The number of ether oxygens (including phenoxy) is 2. The third-order valence-corrected chi connectivity index (χ3v) is 6.24. The SMILES string of the molecule is c1ccc(-c2cc(-c3ccccc3)nc(OCCOc3nc(-c4ccccc4)cc(-c4ccccc4)n3)n2)cc1. The van der Waals surface area contributed by atoms with Crippen molar-refractivity contribution in [1.82, 2.24) is 19.9 Å². The zero-order valence-electron chi connectivity index (χ0n) is 21.7. The molecule has 0 saturated heterocycles. The van der Waals surface area contributed by atoms with Crippen molar-refractivity contribution in [2.75, 3.05) is 13.2 Å². The summed E-state index contributed by atoms with van der Waals surface area (Å²) < 4.78 is 12.0. The van der Waals surface area contributed by atoms with E-state index in [0.717, 1.165) is 45.0 Å². The van der Waals surface area contributed by atoms with E-state index >= 15 is 0 Å². The summed E-state index contributed by atoms with van der Waals surface area (Å²) in [5.74, 6) is 0. The Bertz CT molecular complexity index is 1440. The maximum atomic E-state index is 5.98. The first-order chi connectivity index (χ1) is 19.8. The summed E-state index contributed by atoms with van der Waals surface area (Å²) in [5, 5.41) is 0. The van der Waals surface area contributed by atoms with Gasteiger partial charge in [-0.25, -0.2) is 0 Å². The predicted molar refractivity (Wildman–Crippen MR) is 157 cm³/mol. The molecule has 0 aliphatic rings. The molecule has 2 heterocycles. The molecular formula is C34H26N4O2. The van der Waals surface area contributed by atoms with Gasteiger partial charge >= 0.3 is 12.0 Å². The average molecular weight is 523 g/mol. The molecule has 194 valence electrons. The van der Waals surface area contributed by atoms with Gasteiger partial charge in [0.25, 0.3) is 0 Å². The van der Waals surface area contributed by atoms with Crippen molar-refractivity contribution in [3.63, 3.8) is 0 Å². The molecule has 40 heavy (non-hydrogen) atoms. The van der Waals surface area contributed by atoms with Crippen LogP contribution in [0.25, 0.3) is 45.0 Å². The summed E-state index contributed by atoms with van der Waals surface area (Å²) in [6.07, 6.45) is 0. The Hall–Kier alpha value is -5.36. The van der Waals surface area contributed by atoms with E-state index in [2.05, 4.69) is 19.9 Å². The van der Waals surface area contributed by atoms with Crippen molar-refractivity contribution in [2.24, 2.45) is 0 Å². The Morgan fingerprint density at radius 1 is 0.350 bits per heavy atom. The smallest absolute Gasteiger partial charge is 0.317 e. The third kappa shape index (κ3) is 6.03. The van der Waals surface area contributed by atoms with Crippen LogP contribution in [0.4, 0.5) is 0 Å². The van der Waals surface area contributed by atoms with E-state index in [4.69, 9.17) is 9.47 Å². The summed E-state index contributed by atoms with van der Waals surface area (Å²) in [4.78, 5) is 18.6. The Morgan fingerprint density at radius 2 is 0.600 bits per heavy atom. The second kappa shape index (κ2) is 12.0. The Balaban J connectivity index is 1.22. The van der Waals surface area contributed by atoms with Gasteiger partial charge in [-0.1, -0.05) is 121 Å². The standard InChI is InChI=1S/C34H26N4O2/c1-5-13-25(14-6-1)29-23-30(26-15-7-2-8-16-26)36-33(35-29)39-21-22-40-34-37-31(27-17-9-3-10-18-27)24-32(38-34)28-19-11-4-12-20-28/h1-20,23-24H,21-22H2. The molecule has 0 bridgehead atoms. The molecule has 0 amide bonds. The average Bonchev–Trinajstić information content (AvgIpc) is 3.04. The number of nitrogens with zero attached hydrogens (tertiary/aromatic N) is 4. The lowest BCUT2D eigenvalue weighted by molar-refractivity contribution is 0.197. The van der Waals surface area contributed by atoms with E-state index in [-0.39, 0.29) is 25.2 Å². The molecule has 6 heteroatoms. The lowest BCUT2D eigenvalue weighted by Gasteiger charge is -2.11. The fourth-order valence-corrected chi connectivity index (χ4v) is 4.27. The molecule has 2 aromatic heterocycles. The van der Waals surface area contributed by atoms with Crippen LogP contribution in [-0.4, -0.2) is 33.1 Å². The zero-order valence-corrected chi connectivity index (χ0v) is 21.7. The lowest BCUT2D eigenvalue weighted by Crippen LogP contribution is -2.12. The van der Waals surface area contributed by atoms with E-state index in [0.29, 0.717) is 0 Å². The molecule has 0 fully saturated rings. The first-order valence-corrected chi connectivity index (χ1v) is 13.1. The highest BCUT2D eigenvalue weighted by Gasteiger charge is 2.12.